The molecule has 1 aliphatic heterocycles. The summed E-state index contributed by atoms with van der Waals surface area (Å²) in [5, 5.41) is 9.74. The molecular formula is C17H17FN4O2. The number of aromatic nitrogens is 2. The van der Waals surface area contributed by atoms with E-state index in [0.717, 1.165) is 0 Å². The smallest absolute Gasteiger partial charge is 0.257 e. The van der Waals surface area contributed by atoms with E-state index in [0.29, 0.717) is 17.8 Å². The van der Waals surface area contributed by atoms with Crippen molar-refractivity contribution >= 4 is 23.2 Å². The average Bonchev–Trinajstić information content (AvgIpc) is 2.75. The van der Waals surface area contributed by atoms with Gasteiger partial charge >= 0.3 is 0 Å². The van der Waals surface area contributed by atoms with Crippen LogP contribution in [-0.4, -0.2) is 28.6 Å². The summed E-state index contributed by atoms with van der Waals surface area (Å²) in [5.41, 5.74) is 0.754. The van der Waals surface area contributed by atoms with Crippen LogP contribution in [0.4, 0.5) is 15.8 Å². The minimum absolute atomic E-state index is 0.0273. The fourth-order valence-corrected chi connectivity index (χ4v) is 2.88. The van der Waals surface area contributed by atoms with E-state index in [1.807, 2.05) is 6.92 Å². The summed E-state index contributed by atoms with van der Waals surface area (Å²) in [6, 6.07) is 4.31. The van der Waals surface area contributed by atoms with E-state index >= 15 is 0 Å². The van der Waals surface area contributed by atoms with Crippen molar-refractivity contribution in [2.24, 2.45) is 0 Å². The number of halogens is 1. The quantitative estimate of drug-likeness (QED) is 0.939. The number of nitrogens with zero attached hydrogens (tertiary/aromatic N) is 3. The van der Waals surface area contributed by atoms with Gasteiger partial charge in [-0.2, -0.15) is 10.2 Å². The summed E-state index contributed by atoms with van der Waals surface area (Å²) >= 11 is 0. The summed E-state index contributed by atoms with van der Waals surface area (Å²) in [6.07, 6.45) is 2.68. The van der Waals surface area contributed by atoms with Crippen LogP contribution in [0.3, 0.4) is 0 Å². The summed E-state index contributed by atoms with van der Waals surface area (Å²) in [4.78, 5) is 26.3. The Bertz CT molecular complexity index is 821. The number of carbonyl (C=O) groups excluding carboxylic acids is 2. The largest absolute Gasteiger partial charge is 0.319 e. The van der Waals surface area contributed by atoms with Gasteiger partial charge in [0.05, 0.1) is 34.7 Å². The number of benzene rings is 1. The maximum Gasteiger partial charge on any atom is 0.257 e. The fourth-order valence-electron chi connectivity index (χ4n) is 2.88. The molecule has 1 aromatic heterocycles. The highest BCUT2D eigenvalue weighted by Gasteiger charge is 2.43. The van der Waals surface area contributed by atoms with E-state index in [1.54, 1.807) is 18.7 Å². The van der Waals surface area contributed by atoms with Crippen molar-refractivity contribution in [1.29, 1.82) is 0 Å². The SMILES string of the molecule is CCN1C(=O)C(C)(C)c2cc(F)c(NC(=O)c3ccnnc3)cc21. The first-order valence-corrected chi connectivity index (χ1v) is 7.60. The highest BCUT2D eigenvalue weighted by Crippen LogP contribution is 2.43. The summed E-state index contributed by atoms with van der Waals surface area (Å²) in [6.45, 7) is 5.87. The van der Waals surface area contributed by atoms with Gasteiger partial charge in [-0.25, -0.2) is 4.39 Å². The Labute approximate surface area is 138 Å². The molecule has 2 amide bonds. The van der Waals surface area contributed by atoms with Gasteiger partial charge in [-0.1, -0.05) is 0 Å². The Morgan fingerprint density at radius 3 is 2.71 bits per heavy atom. The highest BCUT2D eigenvalue weighted by atomic mass is 19.1. The third-order valence-corrected chi connectivity index (χ3v) is 4.24. The van der Waals surface area contributed by atoms with Gasteiger partial charge in [0, 0.05) is 6.54 Å². The lowest BCUT2D eigenvalue weighted by atomic mass is 9.86. The van der Waals surface area contributed by atoms with Crippen LogP contribution < -0.4 is 10.2 Å². The zero-order valence-corrected chi connectivity index (χ0v) is 13.6. The molecule has 0 aliphatic carbocycles. The number of anilines is 2. The molecule has 0 unspecified atom stereocenters. The van der Waals surface area contributed by atoms with Crippen LogP contribution in [0.15, 0.2) is 30.6 Å². The number of hydrogen-bond donors (Lipinski definition) is 1. The molecule has 0 fully saturated rings. The molecular weight excluding hydrogens is 311 g/mol. The number of likely N-dealkylation sites (N-methyl/N-ethyl adjacent to an activating group) is 1. The zero-order valence-electron chi connectivity index (χ0n) is 13.6. The Hall–Kier alpha value is -2.83. The molecule has 0 radical (unpaired) electrons. The standard InChI is InChI=1S/C17H17FN4O2/c1-4-22-14-8-13(21-15(23)10-5-6-19-20-9-10)12(18)7-11(14)17(2,3)16(22)24/h5-9H,4H2,1-3H3,(H,21,23). The third-order valence-electron chi connectivity index (χ3n) is 4.24. The Balaban J connectivity index is 1.99. The minimum Gasteiger partial charge on any atom is -0.319 e. The molecule has 24 heavy (non-hydrogen) atoms. The van der Waals surface area contributed by atoms with Gasteiger partial charge in [-0.05, 0) is 44.5 Å². The number of amides is 2. The van der Waals surface area contributed by atoms with Gasteiger partial charge in [0.1, 0.15) is 5.82 Å². The summed E-state index contributed by atoms with van der Waals surface area (Å²) in [7, 11) is 0. The Kier molecular flexibility index (Phi) is 3.79. The number of carbonyl (C=O) groups is 2. The van der Waals surface area contributed by atoms with E-state index in [2.05, 4.69) is 15.5 Å². The minimum atomic E-state index is -0.788. The van der Waals surface area contributed by atoms with Crippen LogP contribution in [0.1, 0.15) is 36.7 Å². The van der Waals surface area contributed by atoms with Gasteiger partial charge < -0.3 is 10.2 Å². The van der Waals surface area contributed by atoms with Crippen molar-refractivity contribution in [3.8, 4) is 0 Å². The second-order valence-electron chi connectivity index (χ2n) is 6.11. The van der Waals surface area contributed by atoms with E-state index in [1.165, 1.54) is 30.6 Å². The molecule has 1 aliphatic rings. The van der Waals surface area contributed by atoms with Crippen LogP contribution in [-0.2, 0) is 10.2 Å². The number of nitrogens with one attached hydrogen (secondary N) is 1. The molecule has 124 valence electrons. The monoisotopic (exact) mass is 328 g/mol. The predicted octanol–water partition coefficient (Wildman–Crippen LogP) is 2.51. The molecule has 1 aromatic carbocycles. The first kappa shape index (κ1) is 16.0. The summed E-state index contributed by atoms with van der Waals surface area (Å²) < 4.78 is 14.4. The number of fused-ring (bicyclic) bond motifs is 1. The Morgan fingerprint density at radius 1 is 1.33 bits per heavy atom. The number of hydrogen-bond acceptors (Lipinski definition) is 4. The second-order valence-corrected chi connectivity index (χ2v) is 6.11. The lowest BCUT2D eigenvalue weighted by molar-refractivity contribution is -0.122. The van der Waals surface area contributed by atoms with Crippen molar-refractivity contribution in [3.63, 3.8) is 0 Å². The molecule has 0 bridgehead atoms. The molecule has 6 nitrogen and oxygen atoms in total. The maximum atomic E-state index is 14.4. The number of rotatable bonds is 3. The van der Waals surface area contributed by atoms with E-state index in [4.69, 9.17) is 0 Å². The van der Waals surface area contributed by atoms with Crippen LogP contribution in [0.2, 0.25) is 0 Å². The van der Waals surface area contributed by atoms with E-state index in [-0.39, 0.29) is 17.2 Å². The van der Waals surface area contributed by atoms with Crippen molar-refractivity contribution < 1.29 is 14.0 Å². The van der Waals surface area contributed by atoms with Crippen LogP contribution in [0.5, 0.6) is 0 Å². The van der Waals surface area contributed by atoms with Crippen LogP contribution in [0.25, 0.3) is 0 Å². The molecule has 0 saturated heterocycles. The molecule has 0 spiro atoms. The van der Waals surface area contributed by atoms with Gasteiger partial charge in [0.2, 0.25) is 5.91 Å². The van der Waals surface area contributed by atoms with Crippen molar-refractivity contribution in [3.05, 3.63) is 47.5 Å². The average molecular weight is 328 g/mol. The van der Waals surface area contributed by atoms with Crippen LogP contribution in [0, 0.1) is 5.82 Å². The molecule has 3 rings (SSSR count). The van der Waals surface area contributed by atoms with Crippen molar-refractivity contribution in [2.75, 3.05) is 16.8 Å². The lowest BCUT2D eigenvalue weighted by Gasteiger charge is -2.18. The lowest BCUT2D eigenvalue weighted by Crippen LogP contribution is -2.35. The fraction of sp³-hybridized carbons (Fsp3) is 0.294. The first-order valence-electron chi connectivity index (χ1n) is 7.60. The third kappa shape index (κ3) is 2.42. The molecule has 2 aromatic rings. The van der Waals surface area contributed by atoms with Gasteiger partial charge in [0.15, 0.2) is 0 Å². The van der Waals surface area contributed by atoms with E-state index < -0.39 is 17.1 Å². The normalized spacial score (nSPS) is 15.3. The zero-order chi connectivity index (χ0) is 17.5. The van der Waals surface area contributed by atoms with E-state index in [9.17, 15) is 14.0 Å². The summed E-state index contributed by atoms with van der Waals surface area (Å²) in [5.74, 6) is -1.15. The van der Waals surface area contributed by atoms with Crippen molar-refractivity contribution in [1.82, 2.24) is 10.2 Å². The molecule has 1 N–H and O–H groups in total. The molecule has 2 heterocycles. The van der Waals surface area contributed by atoms with Gasteiger partial charge in [0.25, 0.3) is 5.91 Å². The molecule has 0 saturated carbocycles. The predicted molar refractivity (Wildman–Crippen MR) is 87.4 cm³/mol. The van der Waals surface area contributed by atoms with Crippen LogP contribution >= 0.6 is 0 Å². The van der Waals surface area contributed by atoms with Gasteiger partial charge in [-0.3, -0.25) is 9.59 Å². The second kappa shape index (κ2) is 5.67. The maximum absolute atomic E-state index is 14.4. The first-order chi connectivity index (χ1) is 11.4. The Morgan fingerprint density at radius 2 is 2.08 bits per heavy atom. The van der Waals surface area contributed by atoms with Crippen molar-refractivity contribution in [2.45, 2.75) is 26.2 Å². The molecule has 0 atom stereocenters. The highest BCUT2D eigenvalue weighted by molar-refractivity contribution is 6.09. The van der Waals surface area contributed by atoms with Gasteiger partial charge in [-0.15, -0.1) is 0 Å². The molecule has 7 heteroatoms. The topological polar surface area (TPSA) is 75.2 Å².